The van der Waals surface area contributed by atoms with Gasteiger partial charge in [0.05, 0.1) is 28.7 Å². The summed E-state index contributed by atoms with van der Waals surface area (Å²) in [5.74, 6) is -0.151. The first-order valence-corrected chi connectivity index (χ1v) is 10.7. The van der Waals surface area contributed by atoms with Gasteiger partial charge >= 0.3 is 0 Å². The Morgan fingerprint density at radius 2 is 1.97 bits per heavy atom. The zero-order valence-corrected chi connectivity index (χ0v) is 19.0. The Kier molecular flexibility index (Phi) is 5.98. The van der Waals surface area contributed by atoms with Gasteiger partial charge in [-0.3, -0.25) is 14.2 Å². The van der Waals surface area contributed by atoms with Gasteiger partial charge < -0.3 is 5.32 Å². The number of benzene rings is 1. The predicted octanol–water partition coefficient (Wildman–Crippen LogP) is 4.58. The van der Waals surface area contributed by atoms with E-state index in [0.29, 0.717) is 40.9 Å². The van der Waals surface area contributed by atoms with Gasteiger partial charge in [0.2, 0.25) is 0 Å². The first-order chi connectivity index (χ1) is 14.9. The standard InChI is InChI=1S/C22H22Cl2N6O/c1-13-20(23)21(24)30(28-13)10-6-9-25-22(31)16-11-19(17-12-26-29(3)14(17)2)27-18-8-5-4-7-15(16)18/h4-5,7-8,11-12H,6,9-10H2,1-3H3,(H,25,31). The van der Waals surface area contributed by atoms with Gasteiger partial charge in [0.1, 0.15) is 10.2 Å². The Morgan fingerprint density at radius 3 is 2.65 bits per heavy atom. The van der Waals surface area contributed by atoms with E-state index in [4.69, 9.17) is 28.2 Å². The third-order valence-electron chi connectivity index (χ3n) is 5.30. The first-order valence-electron chi connectivity index (χ1n) is 9.92. The van der Waals surface area contributed by atoms with Crippen molar-refractivity contribution in [3.05, 3.63) is 63.7 Å². The van der Waals surface area contributed by atoms with Gasteiger partial charge in [0.25, 0.3) is 5.91 Å². The molecular weight excluding hydrogens is 435 g/mol. The maximum atomic E-state index is 13.0. The summed E-state index contributed by atoms with van der Waals surface area (Å²) >= 11 is 12.3. The molecule has 0 aliphatic carbocycles. The maximum Gasteiger partial charge on any atom is 0.252 e. The van der Waals surface area contributed by atoms with E-state index >= 15 is 0 Å². The molecule has 0 aliphatic rings. The molecule has 31 heavy (non-hydrogen) atoms. The van der Waals surface area contributed by atoms with Gasteiger partial charge in [0.15, 0.2) is 0 Å². The van der Waals surface area contributed by atoms with Crippen molar-refractivity contribution in [1.29, 1.82) is 0 Å². The van der Waals surface area contributed by atoms with E-state index in [0.717, 1.165) is 27.9 Å². The van der Waals surface area contributed by atoms with Gasteiger partial charge in [0, 0.05) is 36.8 Å². The Labute approximate surface area is 190 Å². The van der Waals surface area contributed by atoms with Crippen molar-refractivity contribution in [3.63, 3.8) is 0 Å². The third kappa shape index (κ3) is 4.16. The van der Waals surface area contributed by atoms with Crippen LogP contribution in [0.1, 0.15) is 28.2 Å². The number of nitrogens with zero attached hydrogens (tertiary/aromatic N) is 5. The monoisotopic (exact) mass is 456 g/mol. The number of aryl methyl sites for hydroxylation is 3. The molecule has 1 N–H and O–H groups in total. The Balaban J connectivity index is 1.54. The molecule has 0 unspecified atom stereocenters. The van der Waals surface area contributed by atoms with Crippen molar-refractivity contribution >= 4 is 40.0 Å². The summed E-state index contributed by atoms with van der Waals surface area (Å²) in [5.41, 5.74) is 4.66. The van der Waals surface area contributed by atoms with E-state index < -0.39 is 0 Å². The Morgan fingerprint density at radius 1 is 1.19 bits per heavy atom. The van der Waals surface area contributed by atoms with E-state index in [1.165, 1.54) is 0 Å². The average Bonchev–Trinajstić information content (AvgIpc) is 3.23. The fraction of sp³-hybridized carbons (Fsp3) is 0.273. The average molecular weight is 457 g/mol. The van der Waals surface area contributed by atoms with Crippen LogP contribution in [0.15, 0.2) is 36.5 Å². The fourth-order valence-electron chi connectivity index (χ4n) is 3.46. The highest BCUT2D eigenvalue weighted by Gasteiger charge is 2.16. The van der Waals surface area contributed by atoms with Crippen LogP contribution in [-0.2, 0) is 13.6 Å². The van der Waals surface area contributed by atoms with E-state index in [2.05, 4.69) is 15.5 Å². The molecule has 3 heterocycles. The molecule has 160 valence electrons. The van der Waals surface area contributed by atoms with Crippen LogP contribution in [0.3, 0.4) is 0 Å². The van der Waals surface area contributed by atoms with Crippen LogP contribution < -0.4 is 5.32 Å². The number of fused-ring (bicyclic) bond motifs is 1. The molecule has 9 heteroatoms. The molecule has 1 aromatic carbocycles. The van der Waals surface area contributed by atoms with Crippen molar-refractivity contribution in [2.75, 3.05) is 6.54 Å². The normalized spacial score (nSPS) is 11.3. The topological polar surface area (TPSA) is 77.6 Å². The van der Waals surface area contributed by atoms with Gasteiger partial charge in [-0.25, -0.2) is 4.98 Å². The number of halogens is 2. The first kappa shape index (κ1) is 21.3. The maximum absolute atomic E-state index is 13.0. The Bertz CT molecular complexity index is 1280. The largest absolute Gasteiger partial charge is 0.352 e. The van der Waals surface area contributed by atoms with Crippen LogP contribution in [0, 0.1) is 13.8 Å². The molecular formula is C22H22Cl2N6O. The highest BCUT2D eigenvalue weighted by Crippen LogP contribution is 2.27. The molecule has 4 aromatic rings. The molecule has 0 spiro atoms. The summed E-state index contributed by atoms with van der Waals surface area (Å²) in [7, 11) is 1.88. The second kappa shape index (κ2) is 8.69. The number of carbonyl (C=O) groups is 1. The number of hydrogen-bond donors (Lipinski definition) is 1. The van der Waals surface area contributed by atoms with Crippen molar-refractivity contribution in [3.8, 4) is 11.3 Å². The smallest absolute Gasteiger partial charge is 0.252 e. The summed E-state index contributed by atoms with van der Waals surface area (Å²) in [5, 5.41) is 13.3. The third-order valence-corrected chi connectivity index (χ3v) is 6.23. The second-order valence-corrected chi connectivity index (χ2v) is 8.10. The molecule has 0 saturated carbocycles. The van der Waals surface area contributed by atoms with Crippen molar-refractivity contribution < 1.29 is 4.79 Å². The summed E-state index contributed by atoms with van der Waals surface area (Å²) < 4.78 is 3.44. The number of nitrogens with one attached hydrogen (secondary N) is 1. The minimum atomic E-state index is -0.151. The summed E-state index contributed by atoms with van der Waals surface area (Å²) in [6, 6.07) is 9.47. The minimum absolute atomic E-state index is 0.151. The van der Waals surface area contributed by atoms with Crippen LogP contribution in [0.25, 0.3) is 22.2 Å². The molecule has 0 bridgehead atoms. The lowest BCUT2D eigenvalue weighted by molar-refractivity contribution is 0.0954. The van der Waals surface area contributed by atoms with E-state index in [-0.39, 0.29) is 5.91 Å². The lowest BCUT2D eigenvalue weighted by atomic mass is 10.0. The fourth-order valence-corrected chi connectivity index (χ4v) is 3.85. The van der Waals surface area contributed by atoms with Crippen LogP contribution in [-0.4, -0.2) is 37.0 Å². The molecule has 0 aliphatic heterocycles. The van der Waals surface area contributed by atoms with Crippen LogP contribution >= 0.6 is 23.2 Å². The summed E-state index contributed by atoms with van der Waals surface area (Å²) in [4.78, 5) is 17.8. The van der Waals surface area contributed by atoms with Crippen molar-refractivity contribution in [2.24, 2.45) is 7.05 Å². The number of pyridine rings is 1. The highest BCUT2D eigenvalue weighted by atomic mass is 35.5. The van der Waals surface area contributed by atoms with Crippen LogP contribution in [0.2, 0.25) is 10.2 Å². The number of aromatic nitrogens is 5. The Hall–Kier alpha value is -2.90. The van der Waals surface area contributed by atoms with Gasteiger partial charge in [-0.15, -0.1) is 0 Å². The van der Waals surface area contributed by atoms with Crippen LogP contribution in [0.4, 0.5) is 0 Å². The lowest BCUT2D eigenvalue weighted by Gasteiger charge is -2.11. The second-order valence-electron chi connectivity index (χ2n) is 7.36. The molecule has 0 radical (unpaired) electrons. The number of para-hydroxylation sites is 1. The SMILES string of the molecule is Cc1nn(CCCNC(=O)c2cc(-c3cnn(C)c3C)nc3ccccc23)c(Cl)c1Cl. The molecule has 0 fully saturated rings. The summed E-state index contributed by atoms with van der Waals surface area (Å²) in [6.07, 6.45) is 2.44. The van der Waals surface area contributed by atoms with Gasteiger partial charge in [-0.05, 0) is 32.4 Å². The predicted molar refractivity (Wildman–Crippen MR) is 123 cm³/mol. The number of rotatable bonds is 6. The lowest BCUT2D eigenvalue weighted by Crippen LogP contribution is -2.25. The zero-order valence-electron chi connectivity index (χ0n) is 17.5. The van der Waals surface area contributed by atoms with E-state index in [9.17, 15) is 4.79 Å². The number of hydrogen-bond acceptors (Lipinski definition) is 4. The van der Waals surface area contributed by atoms with Crippen LogP contribution in [0.5, 0.6) is 0 Å². The number of amides is 1. The molecule has 4 rings (SSSR count). The van der Waals surface area contributed by atoms with Gasteiger partial charge in [-0.2, -0.15) is 10.2 Å². The van der Waals surface area contributed by atoms with Gasteiger partial charge in [-0.1, -0.05) is 41.4 Å². The highest BCUT2D eigenvalue weighted by molar-refractivity contribution is 6.41. The van der Waals surface area contributed by atoms with Crippen molar-refractivity contribution in [2.45, 2.75) is 26.8 Å². The van der Waals surface area contributed by atoms with E-state index in [1.54, 1.807) is 15.6 Å². The summed E-state index contributed by atoms with van der Waals surface area (Å²) in [6.45, 7) is 4.82. The number of carbonyl (C=O) groups excluding carboxylic acids is 1. The molecule has 3 aromatic heterocycles. The molecule has 1 amide bonds. The molecule has 0 atom stereocenters. The molecule has 7 nitrogen and oxygen atoms in total. The zero-order chi connectivity index (χ0) is 22.1. The van der Waals surface area contributed by atoms with E-state index in [1.807, 2.05) is 51.2 Å². The minimum Gasteiger partial charge on any atom is -0.352 e. The molecule has 0 saturated heterocycles. The van der Waals surface area contributed by atoms with Crippen molar-refractivity contribution in [1.82, 2.24) is 29.9 Å². The quantitative estimate of drug-likeness (QED) is 0.430.